The molecular weight excluding hydrogens is 273 g/mol. The molecule has 2 aromatic carbocycles. The molecule has 0 fully saturated rings. The van der Waals surface area contributed by atoms with Gasteiger partial charge < -0.3 is 5.32 Å². The van der Waals surface area contributed by atoms with Crippen molar-refractivity contribution in [3.05, 3.63) is 65.0 Å². The van der Waals surface area contributed by atoms with Crippen LogP contribution in [0.2, 0.25) is 0 Å². The van der Waals surface area contributed by atoms with Crippen LogP contribution in [0.4, 0.5) is 10.1 Å². The van der Waals surface area contributed by atoms with E-state index in [-0.39, 0.29) is 11.2 Å². The molecule has 2 aromatic rings. The number of rotatable bonds is 2. The SMILES string of the molecule is CC(C)(C)c1cccc2c1NCC(Cc1ccc(F)cc1)C2. The van der Waals surface area contributed by atoms with Crippen LogP contribution >= 0.6 is 0 Å². The van der Waals surface area contributed by atoms with Crippen molar-refractivity contribution in [1.82, 2.24) is 0 Å². The molecule has 1 aliphatic heterocycles. The highest BCUT2D eigenvalue weighted by molar-refractivity contribution is 5.61. The molecule has 1 nitrogen and oxygen atoms in total. The van der Waals surface area contributed by atoms with Crippen molar-refractivity contribution < 1.29 is 4.39 Å². The highest BCUT2D eigenvalue weighted by Gasteiger charge is 2.25. The van der Waals surface area contributed by atoms with Crippen molar-refractivity contribution in [3.8, 4) is 0 Å². The van der Waals surface area contributed by atoms with E-state index < -0.39 is 0 Å². The highest BCUT2D eigenvalue weighted by atomic mass is 19.1. The standard InChI is InChI=1S/C20H24FN/c1-20(2,3)18-6-4-5-16-12-15(13-22-19(16)18)11-14-7-9-17(21)10-8-14/h4-10,15,22H,11-13H2,1-3H3. The Balaban J connectivity index is 1.78. The summed E-state index contributed by atoms with van der Waals surface area (Å²) < 4.78 is 13.0. The summed E-state index contributed by atoms with van der Waals surface area (Å²) in [5.41, 5.74) is 5.49. The quantitative estimate of drug-likeness (QED) is 0.827. The predicted octanol–water partition coefficient (Wildman–Crippen LogP) is 4.95. The third-order valence-corrected chi connectivity index (χ3v) is 4.47. The van der Waals surface area contributed by atoms with Gasteiger partial charge in [-0.05, 0) is 53.0 Å². The Morgan fingerprint density at radius 3 is 2.50 bits per heavy atom. The van der Waals surface area contributed by atoms with Gasteiger partial charge in [-0.25, -0.2) is 4.39 Å². The minimum atomic E-state index is -0.161. The molecule has 1 aliphatic rings. The molecular formula is C20H24FN. The Bertz CT molecular complexity index is 652. The number of nitrogens with one attached hydrogen (secondary N) is 1. The average molecular weight is 297 g/mol. The lowest BCUT2D eigenvalue weighted by atomic mass is 9.81. The zero-order chi connectivity index (χ0) is 15.7. The lowest BCUT2D eigenvalue weighted by Crippen LogP contribution is -2.27. The fourth-order valence-corrected chi connectivity index (χ4v) is 3.33. The lowest BCUT2D eigenvalue weighted by Gasteiger charge is -2.32. The Hall–Kier alpha value is -1.83. The second-order valence-corrected chi connectivity index (χ2v) is 7.37. The molecule has 116 valence electrons. The van der Waals surface area contributed by atoms with Gasteiger partial charge in [-0.3, -0.25) is 0 Å². The summed E-state index contributed by atoms with van der Waals surface area (Å²) in [6, 6.07) is 13.5. The summed E-state index contributed by atoms with van der Waals surface area (Å²) in [4.78, 5) is 0. The van der Waals surface area contributed by atoms with Crippen molar-refractivity contribution >= 4 is 5.69 Å². The van der Waals surface area contributed by atoms with E-state index in [2.05, 4.69) is 44.3 Å². The molecule has 0 saturated carbocycles. The Morgan fingerprint density at radius 2 is 1.82 bits per heavy atom. The summed E-state index contributed by atoms with van der Waals surface area (Å²) in [5, 5.41) is 3.65. The summed E-state index contributed by atoms with van der Waals surface area (Å²) in [6.45, 7) is 7.76. The van der Waals surface area contributed by atoms with Gasteiger partial charge in [-0.2, -0.15) is 0 Å². The van der Waals surface area contributed by atoms with Crippen molar-refractivity contribution in [1.29, 1.82) is 0 Å². The third-order valence-electron chi connectivity index (χ3n) is 4.47. The highest BCUT2D eigenvalue weighted by Crippen LogP contribution is 2.36. The summed E-state index contributed by atoms with van der Waals surface area (Å²) in [5.74, 6) is 0.402. The van der Waals surface area contributed by atoms with Crippen LogP contribution in [-0.4, -0.2) is 6.54 Å². The van der Waals surface area contributed by atoms with Gasteiger partial charge in [-0.15, -0.1) is 0 Å². The second kappa shape index (κ2) is 5.75. The molecule has 0 spiro atoms. The van der Waals surface area contributed by atoms with Gasteiger partial charge in [-0.1, -0.05) is 51.1 Å². The van der Waals surface area contributed by atoms with Crippen LogP contribution in [0.5, 0.6) is 0 Å². The van der Waals surface area contributed by atoms with Crippen molar-refractivity contribution in [3.63, 3.8) is 0 Å². The van der Waals surface area contributed by atoms with Gasteiger partial charge in [0.1, 0.15) is 5.82 Å². The smallest absolute Gasteiger partial charge is 0.123 e. The maximum Gasteiger partial charge on any atom is 0.123 e. The number of anilines is 1. The first-order valence-corrected chi connectivity index (χ1v) is 8.04. The summed E-state index contributed by atoms with van der Waals surface area (Å²) in [7, 11) is 0. The van der Waals surface area contributed by atoms with Gasteiger partial charge in [0.15, 0.2) is 0 Å². The topological polar surface area (TPSA) is 12.0 Å². The number of benzene rings is 2. The molecule has 0 aromatic heterocycles. The third kappa shape index (κ3) is 3.16. The number of para-hydroxylation sites is 1. The molecule has 1 atom stereocenters. The minimum absolute atomic E-state index is 0.155. The fourth-order valence-electron chi connectivity index (χ4n) is 3.33. The van der Waals surface area contributed by atoms with E-state index in [9.17, 15) is 4.39 Å². The van der Waals surface area contributed by atoms with Crippen molar-refractivity contribution in [2.45, 2.75) is 39.0 Å². The van der Waals surface area contributed by atoms with Gasteiger partial charge in [0.05, 0.1) is 0 Å². The van der Waals surface area contributed by atoms with E-state index in [0.29, 0.717) is 5.92 Å². The number of halogens is 1. The molecule has 0 saturated heterocycles. The van der Waals surface area contributed by atoms with E-state index in [0.717, 1.165) is 19.4 Å². The molecule has 0 amide bonds. The van der Waals surface area contributed by atoms with Crippen LogP contribution in [0.25, 0.3) is 0 Å². The van der Waals surface area contributed by atoms with Gasteiger partial charge >= 0.3 is 0 Å². The Labute approximate surface area is 132 Å². The first-order valence-electron chi connectivity index (χ1n) is 8.04. The van der Waals surface area contributed by atoms with E-state index >= 15 is 0 Å². The van der Waals surface area contributed by atoms with Crippen molar-refractivity contribution in [2.24, 2.45) is 5.92 Å². The summed E-state index contributed by atoms with van der Waals surface area (Å²) >= 11 is 0. The largest absolute Gasteiger partial charge is 0.384 e. The van der Waals surface area contributed by atoms with Crippen LogP contribution in [0, 0.1) is 11.7 Å². The first-order chi connectivity index (χ1) is 10.4. The fraction of sp³-hybridized carbons (Fsp3) is 0.400. The van der Waals surface area contributed by atoms with Gasteiger partial charge in [0, 0.05) is 12.2 Å². The molecule has 3 rings (SSSR count). The lowest BCUT2D eigenvalue weighted by molar-refractivity contribution is 0.526. The van der Waals surface area contributed by atoms with E-state index in [1.54, 1.807) is 12.1 Å². The van der Waals surface area contributed by atoms with Crippen LogP contribution in [0.1, 0.15) is 37.5 Å². The number of fused-ring (bicyclic) bond motifs is 1. The number of hydrogen-bond donors (Lipinski definition) is 1. The number of hydrogen-bond acceptors (Lipinski definition) is 1. The zero-order valence-corrected chi connectivity index (χ0v) is 13.6. The molecule has 22 heavy (non-hydrogen) atoms. The van der Waals surface area contributed by atoms with Crippen LogP contribution < -0.4 is 5.32 Å². The predicted molar refractivity (Wildman–Crippen MR) is 90.9 cm³/mol. The molecule has 1 heterocycles. The van der Waals surface area contributed by atoms with E-state index in [1.807, 2.05) is 12.1 Å². The summed E-state index contributed by atoms with van der Waals surface area (Å²) in [6.07, 6.45) is 2.08. The van der Waals surface area contributed by atoms with Crippen LogP contribution in [0.15, 0.2) is 42.5 Å². The molecule has 0 bridgehead atoms. The Morgan fingerprint density at radius 1 is 1.09 bits per heavy atom. The van der Waals surface area contributed by atoms with Crippen LogP contribution in [-0.2, 0) is 18.3 Å². The minimum Gasteiger partial charge on any atom is -0.384 e. The Kier molecular flexibility index (Phi) is 3.94. The monoisotopic (exact) mass is 297 g/mol. The molecule has 1 N–H and O–H groups in total. The first kappa shape index (κ1) is 15.1. The van der Waals surface area contributed by atoms with Gasteiger partial charge in [0.25, 0.3) is 0 Å². The van der Waals surface area contributed by atoms with E-state index in [1.165, 1.54) is 22.4 Å². The van der Waals surface area contributed by atoms with Crippen molar-refractivity contribution in [2.75, 3.05) is 11.9 Å². The van der Waals surface area contributed by atoms with Gasteiger partial charge in [0.2, 0.25) is 0 Å². The van der Waals surface area contributed by atoms with Crippen LogP contribution in [0.3, 0.4) is 0 Å². The molecule has 0 aliphatic carbocycles. The van der Waals surface area contributed by atoms with E-state index in [4.69, 9.17) is 0 Å². The molecule has 0 radical (unpaired) electrons. The zero-order valence-electron chi connectivity index (χ0n) is 13.6. The average Bonchev–Trinajstić information content (AvgIpc) is 2.48. The normalized spacial score (nSPS) is 17.7. The second-order valence-electron chi connectivity index (χ2n) is 7.37. The maximum absolute atomic E-state index is 13.0. The molecule has 1 unspecified atom stereocenters. The maximum atomic E-state index is 13.0. The molecule has 2 heteroatoms.